The number of furan rings is 1. The fraction of sp³-hybridized carbons (Fsp3) is 0.429. The Hall–Kier alpha value is -1.35. The van der Waals surface area contributed by atoms with Gasteiger partial charge >= 0.3 is 0 Å². The number of halogens is 1. The summed E-state index contributed by atoms with van der Waals surface area (Å²) in [6.45, 7) is 3.97. The molecular weight excluding hydrogens is 219 g/mol. The molecule has 17 heavy (non-hydrogen) atoms. The van der Waals surface area contributed by atoms with Crippen LogP contribution in [0.15, 0.2) is 28.7 Å². The summed E-state index contributed by atoms with van der Waals surface area (Å²) in [5, 5.41) is 10.5. The minimum atomic E-state index is -0.319. The van der Waals surface area contributed by atoms with Crippen LogP contribution in [0.4, 0.5) is 4.39 Å². The summed E-state index contributed by atoms with van der Waals surface area (Å²) in [6.07, 6.45) is 1.02. The lowest BCUT2D eigenvalue weighted by molar-refractivity contribution is 0.115. The summed E-state index contributed by atoms with van der Waals surface area (Å²) in [5.74, 6) is 0.786. The van der Waals surface area contributed by atoms with Gasteiger partial charge in [0.25, 0.3) is 0 Å². The lowest BCUT2D eigenvalue weighted by Gasteiger charge is -2.12. The molecule has 0 radical (unpaired) electrons. The number of benzene rings is 1. The quantitative estimate of drug-likeness (QED) is 0.881. The number of aryl methyl sites for hydroxylation is 1. The van der Waals surface area contributed by atoms with E-state index in [1.165, 1.54) is 12.1 Å². The molecule has 1 atom stereocenters. The number of hydrogen-bond donors (Lipinski definition) is 1. The minimum Gasteiger partial charge on any atom is -0.461 e. The van der Waals surface area contributed by atoms with Crippen LogP contribution in [0.25, 0.3) is 11.0 Å². The van der Waals surface area contributed by atoms with Crippen LogP contribution >= 0.6 is 0 Å². The largest absolute Gasteiger partial charge is 0.461 e. The molecule has 0 aliphatic heterocycles. The third kappa shape index (κ3) is 2.86. The average Bonchev–Trinajstić information content (AvgIpc) is 2.67. The summed E-state index contributed by atoms with van der Waals surface area (Å²) in [5.41, 5.74) is 0.695. The molecule has 0 aliphatic carbocycles. The van der Waals surface area contributed by atoms with E-state index in [9.17, 15) is 9.50 Å². The lowest BCUT2D eigenvalue weighted by Crippen LogP contribution is -2.15. The van der Waals surface area contributed by atoms with Gasteiger partial charge in [0.05, 0.1) is 6.10 Å². The highest BCUT2D eigenvalue weighted by Gasteiger charge is 2.11. The van der Waals surface area contributed by atoms with E-state index >= 15 is 0 Å². The Balaban J connectivity index is 2.09. The van der Waals surface area contributed by atoms with Crippen LogP contribution in [-0.4, -0.2) is 11.2 Å². The Labute approximate surface area is 100 Å². The van der Waals surface area contributed by atoms with E-state index in [1.807, 2.05) is 19.9 Å². The van der Waals surface area contributed by atoms with Gasteiger partial charge < -0.3 is 9.52 Å². The van der Waals surface area contributed by atoms with Gasteiger partial charge in [-0.2, -0.15) is 0 Å². The van der Waals surface area contributed by atoms with Crippen LogP contribution in [0.5, 0.6) is 0 Å². The topological polar surface area (TPSA) is 33.4 Å². The van der Waals surface area contributed by atoms with Crippen LogP contribution in [0.3, 0.4) is 0 Å². The maximum Gasteiger partial charge on any atom is 0.134 e. The standard InChI is InChI=1S/C14H17FO2/c1-9(2)13(16)5-4-12-8-10-7-11(15)3-6-14(10)17-12/h3,6-9,13,16H,4-5H2,1-2H3. The number of hydrogen-bond acceptors (Lipinski definition) is 2. The first kappa shape index (κ1) is 12.1. The van der Waals surface area contributed by atoms with Crippen LogP contribution in [-0.2, 0) is 6.42 Å². The number of fused-ring (bicyclic) bond motifs is 1. The summed E-state index contributed by atoms with van der Waals surface area (Å²) in [4.78, 5) is 0. The number of aliphatic hydroxyl groups is 1. The summed E-state index contributed by atoms with van der Waals surface area (Å²) in [7, 11) is 0. The molecule has 1 aromatic carbocycles. The molecule has 0 saturated carbocycles. The van der Waals surface area contributed by atoms with E-state index in [-0.39, 0.29) is 17.8 Å². The van der Waals surface area contributed by atoms with E-state index in [1.54, 1.807) is 6.07 Å². The van der Waals surface area contributed by atoms with Gasteiger partial charge in [-0.05, 0) is 36.6 Å². The van der Waals surface area contributed by atoms with Gasteiger partial charge in [-0.3, -0.25) is 0 Å². The number of rotatable bonds is 4. The molecule has 3 heteroatoms. The van der Waals surface area contributed by atoms with Gasteiger partial charge in [0, 0.05) is 11.8 Å². The van der Waals surface area contributed by atoms with Crippen molar-refractivity contribution in [2.24, 2.45) is 5.92 Å². The van der Waals surface area contributed by atoms with Crippen molar-refractivity contribution in [3.63, 3.8) is 0 Å². The van der Waals surface area contributed by atoms with E-state index in [4.69, 9.17) is 4.42 Å². The zero-order valence-electron chi connectivity index (χ0n) is 10.1. The van der Waals surface area contributed by atoms with Crippen LogP contribution in [0, 0.1) is 11.7 Å². The molecule has 0 amide bonds. The molecule has 0 spiro atoms. The highest BCUT2D eigenvalue weighted by Crippen LogP contribution is 2.22. The molecule has 2 aromatic rings. The average molecular weight is 236 g/mol. The summed E-state index contributed by atoms with van der Waals surface area (Å²) < 4.78 is 18.6. The second-order valence-electron chi connectivity index (χ2n) is 4.74. The summed E-state index contributed by atoms with van der Waals surface area (Å²) >= 11 is 0. The normalized spacial score (nSPS) is 13.5. The van der Waals surface area contributed by atoms with Crippen LogP contribution < -0.4 is 0 Å². The fourth-order valence-electron chi connectivity index (χ4n) is 1.82. The third-order valence-electron chi connectivity index (χ3n) is 2.99. The molecule has 0 aliphatic rings. The van der Waals surface area contributed by atoms with Crippen molar-refractivity contribution in [3.05, 3.63) is 35.8 Å². The van der Waals surface area contributed by atoms with Crippen molar-refractivity contribution < 1.29 is 13.9 Å². The molecule has 0 saturated heterocycles. The van der Waals surface area contributed by atoms with Crippen LogP contribution in [0.1, 0.15) is 26.0 Å². The zero-order chi connectivity index (χ0) is 12.4. The SMILES string of the molecule is CC(C)C(O)CCc1cc2cc(F)ccc2o1. The lowest BCUT2D eigenvalue weighted by atomic mass is 10.0. The maximum atomic E-state index is 13.0. The molecule has 1 N–H and O–H groups in total. The first-order valence-corrected chi connectivity index (χ1v) is 5.92. The Morgan fingerprint density at radius 2 is 2.06 bits per heavy atom. The Kier molecular flexibility index (Phi) is 3.48. The first-order chi connectivity index (χ1) is 8.06. The predicted octanol–water partition coefficient (Wildman–Crippen LogP) is 3.52. The second-order valence-corrected chi connectivity index (χ2v) is 4.74. The highest BCUT2D eigenvalue weighted by atomic mass is 19.1. The molecule has 2 rings (SSSR count). The van der Waals surface area contributed by atoms with Gasteiger partial charge in [0.2, 0.25) is 0 Å². The third-order valence-corrected chi connectivity index (χ3v) is 2.99. The van der Waals surface area contributed by atoms with Gasteiger partial charge in [-0.15, -0.1) is 0 Å². The fourth-order valence-corrected chi connectivity index (χ4v) is 1.82. The van der Waals surface area contributed by atoms with E-state index in [2.05, 4.69) is 0 Å². The van der Waals surface area contributed by atoms with Gasteiger partial charge in [-0.1, -0.05) is 13.8 Å². The van der Waals surface area contributed by atoms with Crippen LogP contribution in [0.2, 0.25) is 0 Å². The Bertz CT molecular complexity index is 502. The van der Waals surface area contributed by atoms with Crippen molar-refractivity contribution in [2.45, 2.75) is 32.8 Å². The van der Waals surface area contributed by atoms with E-state index in [0.717, 1.165) is 11.1 Å². The van der Waals surface area contributed by atoms with Crippen molar-refractivity contribution in [3.8, 4) is 0 Å². The molecule has 0 fully saturated rings. The molecular formula is C14H17FO2. The van der Waals surface area contributed by atoms with E-state index in [0.29, 0.717) is 18.4 Å². The molecule has 1 heterocycles. The van der Waals surface area contributed by atoms with Gasteiger partial charge in [0.1, 0.15) is 17.2 Å². The molecule has 92 valence electrons. The van der Waals surface area contributed by atoms with Crippen molar-refractivity contribution >= 4 is 11.0 Å². The maximum absolute atomic E-state index is 13.0. The number of aliphatic hydroxyl groups excluding tert-OH is 1. The predicted molar refractivity (Wildman–Crippen MR) is 65.3 cm³/mol. The molecule has 1 unspecified atom stereocenters. The van der Waals surface area contributed by atoms with Gasteiger partial charge in [0.15, 0.2) is 0 Å². The highest BCUT2D eigenvalue weighted by molar-refractivity contribution is 5.77. The Morgan fingerprint density at radius 1 is 1.29 bits per heavy atom. The van der Waals surface area contributed by atoms with Crippen molar-refractivity contribution in [1.82, 2.24) is 0 Å². The molecule has 0 bridgehead atoms. The zero-order valence-corrected chi connectivity index (χ0v) is 10.1. The molecule has 2 nitrogen and oxygen atoms in total. The van der Waals surface area contributed by atoms with Crippen molar-refractivity contribution in [2.75, 3.05) is 0 Å². The first-order valence-electron chi connectivity index (χ1n) is 5.92. The minimum absolute atomic E-state index is 0.247. The molecule has 1 aromatic heterocycles. The van der Waals surface area contributed by atoms with E-state index < -0.39 is 0 Å². The monoisotopic (exact) mass is 236 g/mol. The van der Waals surface area contributed by atoms with Gasteiger partial charge in [-0.25, -0.2) is 4.39 Å². The smallest absolute Gasteiger partial charge is 0.134 e. The second kappa shape index (κ2) is 4.88. The van der Waals surface area contributed by atoms with Crippen molar-refractivity contribution in [1.29, 1.82) is 0 Å². The Morgan fingerprint density at radius 3 is 2.76 bits per heavy atom. The summed E-state index contributed by atoms with van der Waals surface area (Å²) in [6, 6.07) is 6.32.